The van der Waals surface area contributed by atoms with Crippen molar-refractivity contribution in [2.75, 3.05) is 9.80 Å². The van der Waals surface area contributed by atoms with Crippen LogP contribution >= 0.6 is 0 Å². The molecule has 0 amide bonds. The van der Waals surface area contributed by atoms with Crippen LogP contribution in [0.1, 0.15) is 239 Å². The molecule has 0 bridgehead atoms. The minimum absolute atomic E-state index is 0.111. The number of para-hydroxylation sites is 4. The molecule has 0 fully saturated rings. The van der Waals surface area contributed by atoms with Crippen molar-refractivity contribution in [2.24, 2.45) is 0 Å². The fourth-order valence-electron chi connectivity index (χ4n) is 18.1. The SMILES string of the molecule is [2H]c1c([2H])c([2H])c(-c2ccc3c(c2)N(c2c(-c4ccc(C(C)(C)C)cc4)cc(C(C)(C)C)cc2-c2ccc(C(C)(C)C)cc2C(C)(C)C)c2cc(-n4c5c([2H])c([2H])c([2H])c([2H])c5c5c([2H])c([2H])c([2H])c([2H])c54)cc4c2B3c2ccc(-n3c5c([2H])c([2H])c([2H])c([2H])c5c5c([2H])c([2H])c([2H])c([2H])c53)cc2N4c2c(-c3ccc(C(C)(C)C)cc3)cc(C(C)(C)C)cc2-c2cc(C(C)(C)C)ccc2C(C)(C)C)c([2H])c1[2H]. The lowest BCUT2D eigenvalue weighted by Gasteiger charge is -2.46. The quantitative estimate of drug-likeness (QED) is 0.134. The third-order valence-electron chi connectivity index (χ3n) is 24.9. The maximum absolute atomic E-state index is 10.5. The van der Waals surface area contributed by atoms with Gasteiger partial charge in [-0.2, -0.15) is 0 Å². The van der Waals surface area contributed by atoms with Crippen molar-refractivity contribution >= 4 is 101 Å². The number of rotatable bonds is 9. The van der Waals surface area contributed by atoms with Crippen molar-refractivity contribution in [3.63, 3.8) is 0 Å². The Morgan fingerprint density at radius 1 is 0.231 bits per heavy atom. The van der Waals surface area contributed by atoms with Crippen LogP contribution in [0.4, 0.5) is 34.1 Å². The third-order valence-corrected chi connectivity index (χ3v) is 24.9. The number of hydrogen-bond donors (Lipinski definition) is 0. The van der Waals surface area contributed by atoms with E-state index in [-0.39, 0.29) is 82.4 Å². The zero-order valence-corrected chi connectivity index (χ0v) is 74.4. The molecular formula is C116H119BN4. The molecule has 0 saturated carbocycles. The second-order valence-electron chi connectivity index (χ2n) is 41.6. The van der Waals surface area contributed by atoms with Crippen molar-refractivity contribution in [2.45, 2.75) is 209 Å². The molecule has 0 atom stereocenters. The van der Waals surface area contributed by atoms with Crippen LogP contribution in [-0.4, -0.2) is 15.8 Å². The lowest BCUT2D eigenvalue weighted by molar-refractivity contribution is 0.569. The molecule has 16 aromatic rings. The van der Waals surface area contributed by atoms with Gasteiger partial charge in [-0.3, -0.25) is 0 Å². The molecule has 0 saturated heterocycles. The summed E-state index contributed by atoms with van der Waals surface area (Å²) in [6, 6.07) is 42.4. The normalized spacial score (nSPS) is 16.0. The number of anilines is 6. The van der Waals surface area contributed by atoms with E-state index in [1.807, 2.05) is 36.4 Å². The Morgan fingerprint density at radius 2 is 0.570 bits per heavy atom. The van der Waals surface area contributed by atoms with Crippen molar-refractivity contribution in [1.82, 2.24) is 9.13 Å². The molecule has 0 aliphatic carbocycles. The lowest BCUT2D eigenvalue weighted by atomic mass is 9.33. The third kappa shape index (κ3) is 14.0. The van der Waals surface area contributed by atoms with E-state index in [1.54, 1.807) is 16.7 Å². The average Bonchev–Trinajstić information content (AvgIpc) is 1.07. The first-order valence-electron chi connectivity index (χ1n) is 52.9. The monoisotopic (exact) mass is 1600 g/mol. The van der Waals surface area contributed by atoms with Gasteiger partial charge in [0.05, 0.1) is 67.9 Å². The Balaban J connectivity index is 1.18. The summed E-state index contributed by atoms with van der Waals surface area (Å²) in [5.74, 6) is 0. The van der Waals surface area contributed by atoms with Gasteiger partial charge in [-0.1, -0.05) is 372 Å². The first-order chi connectivity index (χ1) is 65.8. The van der Waals surface area contributed by atoms with E-state index in [4.69, 9.17) is 1.37 Å². The lowest BCUT2D eigenvalue weighted by Crippen LogP contribution is -2.61. The van der Waals surface area contributed by atoms with Crippen LogP contribution in [0, 0.1) is 0 Å². The predicted octanol–water partition coefficient (Wildman–Crippen LogP) is 30.7. The van der Waals surface area contributed by atoms with Crippen LogP contribution < -0.4 is 26.2 Å². The summed E-state index contributed by atoms with van der Waals surface area (Å²) in [5, 5.41) is -0.704. The molecular weight excluding hydrogens is 1460 g/mol. The van der Waals surface area contributed by atoms with Crippen LogP contribution in [0.25, 0.3) is 111 Å². The highest BCUT2D eigenvalue weighted by atomic mass is 15.2. The number of benzene rings is 14. The minimum atomic E-state index is -1.05. The van der Waals surface area contributed by atoms with Crippen molar-refractivity contribution in [3.8, 4) is 67.0 Å². The van der Waals surface area contributed by atoms with Gasteiger partial charge in [-0.15, -0.1) is 0 Å². The van der Waals surface area contributed by atoms with E-state index < -0.39 is 161 Å². The van der Waals surface area contributed by atoms with E-state index in [2.05, 4.69) is 285 Å². The molecule has 0 unspecified atom stereocenters. The average molecular weight is 1600 g/mol. The van der Waals surface area contributed by atoms with Crippen molar-refractivity contribution < 1.29 is 28.8 Å². The van der Waals surface area contributed by atoms with Gasteiger partial charge >= 0.3 is 0 Å². The summed E-state index contributed by atoms with van der Waals surface area (Å²) in [4.78, 5) is 4.42. The van der Waals surface area contributed by atoms with Crippen molar-refractivity contribution in [1.29, 1.82) is 0 Å². The molecule has 14 aromatic carbocycles. The first kappa shape index (κ1) is 59.1. The second-order valence-corrected chi connectivity index (χ2v) is 41.6. The zero-order chi connectivity index (χ0) is 104. The van der Waals surface area contributed by atoms with Crippen LogP contribution in [0.15, 0.2) is 285 Å². The highest BCUT2D eigenvalue weighted by molar-refractivity contribution is 7.00. The maximum Gasteiger partial charge on any atom is 0.252 e. The summed E-state index contributed by atoms with van der Waals surface area (Å²) in [6.45, 7) is 51.3. The maximum atomic E-state index is 10.5. The molecule has 4 heterocycles. The Labute approximate surface area is 750 Å². The summed E-state index contributed by atoms with van der Waals surface area (Å²) in [6.07, 6.45) is 0. The van der Waals surface area contributed by atoms with Gasteiger partial charge in [0.25, 0.3) is 6.71 Å². The molecule has 121 heavy (non-hydrogen) atoms. The van der Waals surface area contributed by atoms with E-state index >= 15 is 0 Å². The largest absolute Gasteiger partial charge is 0.310 e. The molecule has 4 nitrogen and oxygen atoms in total. The smallest absolute Gasteiger partial charge is 0.252 e. The Kier molecular flexibility index (Phi) is 13.9. The van der Waals surface area contributed by atoms with Gasteiger partial charge in [-0.05, 0) is 216 Å². The van der Waals surface area contributed by atoms with Crippen molar-refractivity contribution in [3.05, 3.63) is 329 Å². The second kappa shape index (κ2) is 28.5. The summed E-state index contributed by atoms with van der Waals surface area (Å²) < 4.78 is 209. The standard InChI is InChI=1S/C116H119BN4/c1-109(2,3)76-51-46-73(47-52-76)89-64-80(113(13,14)15)66-92(84-58-55-79(112(10,11)12)68-95(84)116(22,23)24)107(89)120-102-62-75(72-36-26-25-27-37-72)50-60-96(102)117-97-61-57-82(118-98-42-32-28-38-85(98)86-39-29-33-43-99(86)118)69-103(97)121(105-71-83(70-104(120)106(105)117)119-100-44-34-30-40-87(100)88-41-31-35-45-101(88)119)108-90(74-48-53-77(54-49-74)110(4,5)6)65-81(114(16,17)18)67-93(108)91-63-78(111(7,8)9)56-59-94(91)115(19,20)21/h25-71H,1-24H3/i25D,26D,27D,28D,29D,30D,31D,32D,33D,34D,35D,36D,37D,38D,39D,40D,41D,42D,43D,44D,45D. The fraction of sp³-hybridized carbons (Fsp3) is 0.276. The van der Waals surface area contributed by atoms with Gasteiger partial charge < -0.3 is 18.9 Å². The van der Waals surface area contributed by atoms with E-state index in [1.165, 1.54) is 4.57 Å². The first-order valence-corrected chi connectivity index (χ1v) is 42.4. The van der Waals surface area contributed by atoms with E-state index in [0.717, 1.165) is 77.9 Å². The number of nitrogens with zero attached hydrogens (tertiary/aromatic N) is 4. The van der Waals surface area contributed by atoms with Gasteiger partial charge in [0.1, 0.15) is 0 Å². The Morgan fingerprint density at radius 3 is 1.00 bits per heavy atom. The molecule has 606 valence electrons. The molecule has 0 N–H and O–H groups in total. The number of hydrogen-bond acceptors (Lipinski definition) is 2. The van der Waals surface area contributed by atoms with Gasteiger partial charge in [-0.25, -0.2) is 0 Å². The molecule has 0 radical (unpaired) electrons. The topological polar surface area (TPSA) is 16.3 Å². The molecule has 2 aliphatic heterocycles. The highest BCUT2D eigenvalue weighted by Crippen LogP contribution is 2.58. The predicted molar refractivity (Wildman–Crippen MR) is 526 cm³/mol. The Hall–Kier alpha value is -11.7. The molecule has 2 aromatic heterocycles. The minimum Gasteiger partial charge on any atom is -0.310 e. The van der Waals surface area contributed by atoms with Crippen LogP contribution in [0.5, 0.6) is 0 Å². The van der Waals surface area contributed by atoms with E-state index in [9.17, 15) is 27.4 Å². The summed E-state index contributed by atoms with van der Waals surface area (Å²) >= 11 is 0. The fourth-order valence-corrected chi connectivity index (χ4v) is 18.1. The van der Waals surface area contributed by atoms with Gasteiger partial charge in [0.15, 0.2) is 0 Å². The summed E-state index contributed by atoms with van der Waals surface area (Å²) in [5.41, 5.74) is 14.3. The number of aromatic nitrogens is 2. The van der Waals surface area contributed by atoms with Gasteiger partial charge in [0.2, 0.25) is 0 Å². The number of fused-ring (bicyclic) bond motifs is 10. The molecule has 0 spiro atoms. The van der Waals surface area contributed by atoms with Crippen LogP contribution in [0.3, 0.4) is 0 Å². The zero-order valence-electron chi connectivity index (χ0n) is 95.4. The molecule has 5 heteroatoms. The molecule has 18 rings (SSSR count). The Bertz CT molecular complexity index is 7990. The van der Waals surface area contributed by atoms with Crippen LogP contribution in [-0.2, 0) is 43.3 Å². The van der Waals surface area contributed by atoms with Gasteiger partial charge in [0, 0.05) is 72.2 Å². The van der Waals surface area contributed by atoms with E-state index in [0.29, 0.717) is 61.6 Å². The highest BCUT2D eigenvalue weighted by Gasteiger charge is 2.47. The summed E-state index contributed by atoms with van der Waals surface area (Å²) in [7, 11) is 0. The molecule has 2 aliphatic rings. The van der Waals surface area contributed by atoms with Crippen LogP contribution in [0.2, 0.25) is 0 Å².